The molecule has 0 fully saturated rings. The molecular formula is C19H16N3+. The Bertz CT molecular complexity index is 1070. The first-order valence-electron chi connectivity index (χ1n) is 7.61. The van der Waals surface area contributed by atoms with Gasteiger partial charge in [-0.05, 0) is 36.1 Å². The highest BCUT2D eigenvalue weighted by atomic mass is 15.2. The van der Waals surface area contributed by atoms with E-state index in [2.05, 4.69) is 71.8 Å². The average Bonchev–Trinajstić information content (AvgIpc) is 3.03. The number of fused-ring (bicyclic) bond motifs is 7. The maximum atomic E-state index is 4.89. The van der Waals surface area contributed by atoms with Crippen molar-refractivity contribution in [2.75, 3.05) is 0 Å². The van der Waals surface area contributed by atoms with E-state index in [1.54, 1.807) is 0 Å². The topological polar surface area (TPSA) is 21.7 Å². The fourth-order valence-corrected chi connectivity index (χ4v) is 3.78. The van der Waals surface area contributed by atoms with Crippen molar-refractivity contribution >= 4 is 21.8 Å². The van der Waals surface area contributed by atoms with Crippen molar-refractivity contribution in [3.63, 3.8) is 0 Å². The van der Waals surface area contributed by atoms with Gasteiger partial charge in [-0.1, -0.05) is 24.3 Å². The highest BCUT2D eigenvalue weighted by Crippen LogP contribution is 2.34. The first-order chi connectivity index (χ1) is 10.7. The summed E-state index contributed by atoms with van der Waals surface area (Å²) >= 11 is 0. The van der Waals surface area contributed by atoms with Gasteiger partial charge < -0.3 is 0 Å². The van der Waals surface area contributed by atoms with Gasteiger partial charge in [0.25, 0.3) is 5.82 Å². The normalized spacial score (nSPS) is 12.8. The Balaban J connectivity index is 2.04. The minimum atomic E-state index is 0.909. The number of aromatic nitrogens is 3. The van der Waals surface area contributed by atoms with E-state index in [1.807, 2.05) is 0 Å². The summed E-state index contributed by atoms with van der Waals surface area (Å²) in [5, 5.41) is 2.60. The van der Waals surface area contributed by atoms with Crippen LogP contribution < -0.4 is 4.57 Å². The molecule has 0 saturated carbocycles. The summed E-state index contributed by atoms with van der Waals surface area (Å²) in [7, 11) is 2.11. The molecule has 22 heavy (non-hydrogen) atoms. The molecule has 0 atom stereocenters. The van der Waals surface area contributed by atoms with Crippen LogP contribution in [-0.4, -0.2) is 9.55 Å². The second kappa shape index (κ2) is 3.95. The van der Waals surface area contributed by atoms with Gasteiger partial charge >= 0.3 is 0 Å². The van der Waals surface area contributed by atoms with Gasteiger partial charge in [0.1, 0.15) is 5.52 Å². The largest absolute Gasteiger partial charge is 0.291 e. The monoisotopic (exact) mass is 286 g/mol. The third-order valence-electron chi connectivity index (χ3n) is 4.73. The molecule has 0 N–H and O–H groups in total. The number of pyridine rings is 1. The standard InChI is InChI=1S/C19H16N3/c1-12-5-3-6-13-8-9-15-18(17(12)13)22-16(20-15)11-14-7-4-10-21(2)19(14)22/h3-10H,11H2,1-2H3/q+1. The van der Waals surface area contributed by atoms with Crippen LogP contribution in [-0.2, 0) is 13.5 Å². The van der Waals surface area contributed by atoms with Crippen molar-refractivity contribution < 1.29 is 4.57 Å². The molecule has 3 heterocycles. The fourth-order valence-electron chi connectivity index (χ4n) is 3.78. The number of nitrogens with zero attached hydrogens (tertiary/aromatic N) is 3. The molecule has 3 heteroatoms. The second-order valence-corrected chi connectivity index (χ2v) is 6.11. The zero-order valence-electron chi connectivity index (χ0n) is 12.7. The minimum Gasteiger partial charge on any atom is -0.236 e. The van der Waals surface area contributed by atoms with Crippen LogP contribution in [0.5, 0.6) is 0 Å². The summed E-state index contributed by atoms with van der Waals surface area (Å²) < 4.78 is 4.55. The van der Waals surface area contributed by atoms with Crippen molar-refractivity contribution in [1.82, 2.24) is 9.55 Å². The Labute approximate surface area is 128 Å². The van der Waals surface area contributed by atoms with Gasteiger partial charge in [-0.2, -0.15) is 4.57 Å². The lowest BCUT2D eigenvalue weighted by Crippen LogP contribution is -2.33. The van der Waals surface area contributed by atoms with Crippen LogP contribution in [0.3, 0.4) is 0 Å². The van der Waals surface area contributed by atoms with E-state index >= 15 is 0 Å². The Morgan fingerprint density at radius 1 is 1.09 bits per heavy atom. The van der Waals surface area contributed by atoms with Crippen LogP contribution in [0.4, 0.5) is 0 Å². The number of imidazole rings is 1. The van der Waals surface area contributed by atoms with Gasteiger partial charge in [-0.15, -0.1) is 0 Å². The molecule has 106 valence electrons. The van der Waals surface area contributed by atoms with Crippen LogP contribution in [0.15, 0.2) is 48.7 Å². The zero-order valence-corrected chi connectivity index (χ0v) is 12.7. The molecule has 0 unspecified atom stereocenters. The van der Waals surface area contributed by atoms with Crippen molar-refractivity contribution in [2.24, 2.45) is 7.05 Å². The Morgan fingerprint density at radius 2 is 2.00 bits per heavy atom. The maximum Gasteiger partial charge on any atom is 0.291 e. The number of hydrogen-bond acceptors (Lipinski definition) is 1. The van der Waals surface area contributed by atoms with Crippen molar-refractivity contribution in [3.05, 3.63) is 65.6 Å². The average molecular weight is 286 g/mol. The van der Waals surface area contributed by atoms with Gasteiger partial charge in [-0.25, -0.2) is 9.55 Å². The molecule has 1 aliphatic rings. The SMILES string of the molecule is Cc1cccc2ccc3nc4n(c3c12)-c1c(ccc[n+]1C)C4. The molecule has 2 aromatic heterocycles. The van der Waals surface area contributed by atoms with Gasteiger partial charge in [0.05, 0.1) is 25.2 Å². The quantitative estimate of drug-likeness (QED) is 0.401. The predicted molar refractivity (Wildman–Crippen MR) is 87.3 cm³/mol. The highest BCUT2D eigenvalue weighted by molar-refractivity contribution is 6.07. The van der Waals surface area contributed by atoms with E-state index in [0.717, 1.165) is 17.8 Å². The summed E-state index contributed by atoms with van der Waals surface area (Å²) in [6, 6.07) is 15.1. The van der Waals surface area contributed by atoms with Crippen LogP contribution in [0.2, 0.25) is 0 Å². The van der Waals surface area contributed by atoms with Crippen LogP contribution in [0.1, 0.15) is 17.0 Å². The van der Waals surface area contributed by atoms with Gasteiger partial charge in [0.2, 0.25) is 5.82 Å². The number of hydrogen-bond donors (Lipinski definition) is 0. The molecular weight excluding hydrogens is 270 g/mol. The van der Waals surface area contributed by atoms with E-state index < -0.39 is 0 Å². The van der Waals surface area contributed by atoms with Crippen molar-refractivity contribution in [2.45, 2.75) is 13.3 Å². The summed E-state index contributed by atoms with van der Waals surface area (Å²) in [4.78, 5) is 4.89. The fraction of sp³-hybridized carbons (Fsp3) is 0.158. The molecule has 0 bridgehead atoms. The molecule has 0 aliphatic carbocycles. The number of aryl methyl sites for hydroxylation is 2. The minimum absolute atomic E-state index is 0.909. The molecule has 3 nitrogen and oxygen atoms in total. The first kappa shape index (κ1) is 11.9. The predicted octanol–water partition coefficient (Wildman–Crippen LogP) is 3.22. The van der Waals surface area contributed by atoms with E-state index in [-0.39, 0.29) is 0 Å². The molecule has 0 saturated heterocycles. The molecule has 0 radical (unpaired) electrons. The molecule has 0 amide bonds. The van der Waals surface area contributed by atoms with E-state index in [0.29, 0.717) is 0 Å². The van der Waals surface area contributed by atoms with Crippen LogP contribution in [0.25, 0.3) is 27.6 Å². The van der Waals surface area contributed by atoms with Gasteiger partial charge in [-0.3, -0.25) is 0 Å². The Kier molecular flexibility index (Phi) is 2.14. The third-order valence-corrected chi connectivity index (χ3v) is 4.73. The van der Waals surface area contributed by atoms with Crippen LogP contribution >= 0.6 is 0 Å². The molecule has 5 rings (SSSR count). The maximum absolute atomic E-state index is 4.89. The zero-order chi connectivity index (χ0) is 14.8. The Hall–Kier alpha value is -2.68. The summed E-state index contributed by atoms with van der Waals surface area (Å²) in [6.45, 7) is 2.18. The third kappa shape index (κ3) is 1.36. The molecule has 2 aromatic carbocycles. The molecule has 4 aromatic rings. The second-order valence-electron chi connectivity index (χ2n) is 6.11. The lowest BCUT2D eigenvalue weighted by atomic mass is 10.0. The first-order valence-corrected chi connectivity index (χ1v) is 7.61. The van der Waals surface area contributed by atoms with E-state index in [1.165, 1.54) is 33.2 Å². The number of benzene rings is 2. The van der Waals surface area contributed by atoms with Crippen molar-refractivity contribution in [1.29, 1.82) is 0 Å². The number of rotatable bonds is 0. The lowest BCUT2D eigenvalue weighted by molar-refractivity contribution is -0.665. The molecule has 0 spiro atoms. The Morgan fingerprint density at radius 3 is 2.91 bits per heavy atom. The van der Waals surface area contributed by atoms with E-state index in [9.17, 15) is 0 Å². The van der Waals surface area contributed by atoms with Crippen LogP contribution in [0, 0.1) is 6.92 Å². The van der Waals surface area contributed by atoms with Gasteiger partial charge in [0.15, 0.2) is 5.52 Å². The summed E-state index contributed by atoms with van der Waals surface area (Å²) in [5.74, 6) is 2.39. The van der Waals surface area contributed by atoms with E-state index in [4.69, 9.17) is 4.98 Å². The smallest absolute Gasteiger partial charge is 0.236 e. The van der Waals surface area contributed by atoms with Crippen molar-refractivity contribution in [3.8, 4) is 5.82 Å². The molecule has 1 aliphatic heterocycles. The van der Waals surface area contributed by atoms with Gasteiger partial charge in [0, 0.05) is 5.39 Å². The lowest BCUT2D eigenvalue weighted by Gasteiger charge is -2.05. The summed E-state index contributed by atoms with van der Waals surface area (Å²) in [5.41, 5.74) is 4.98. The highest BCUT2D eigenvalue weighted by Gasteiger charge is 2.33. The summed E-state index contributed by atoms with van der Waals surface area (Å²) in [6.07, 6.45) is 3.02.